The van der Waals surface area contributed by atoms with Crippen LogP contribution in [0.15, 0.2) is 24.5 Å². The summed E-state index contributed by atoms with van der Waals surface area (Å²) in [5.41, 5.74) is 5.61. The van der Waals surface area contributed by atoms with Crippen molar-refractivity contribution in [3.05, 3.63) is 30.1 Å². The number of hydrogen-bond donors (Lipinski definition) is 2. The van der Waals surface area contributed by atoms with E-state index < -0.39 is 5.60 Å². The maximum atomic E-state index is 10.3. The van der Waals surface area contributed by atoms with Crippen molar-refractivity contribution in [2.24, 2.45) is 11.7 Å². The number of aliphatic hydroxyl groups is 1. The van der Waals surface area contributed by atoms with Crippen molar-refractivity contribution in [1.29, 1.82) is 0 Å². The lowest BCUT2D eigenvalue weighted by molar-refractivity contribution is 0.0219. The summed E-state index contributed by atoms with van der Waals surface area (Å²) in [6, 6.07) is 3.72. The summed E-state index contributed by atoms with van der Waals surface area (Å²) < 4.78 is 0. The molecular formula is C10H14N2O. The molecule has 0 bridgehead atoms. The third kappa shape index (κ3) is 1.45. The van der Waals surface area contributed by atoms with E-state index in [-0.39, 0.29) is 6.54 Å². The minimum atomic E-state index is -0.839. The highest BCUT2D eigenvalue weighted by Gasteiger charge is 2.44. The van der Waals surface area contributed by atoms with Gasteiger partial charge < -0.3 is 10.8 Å². The molecule has 0 aliphatic heterocycles. The molecule has 1 aliphatic rings. The highest BCUT2D eigenvalue weighted by Crippen LogP contribution is 2.44. The second-order valence-electron chi connectivity index (χ2n) is 3.64. The molecule has 2 rings (SSSR count). The van der Waals surface area contributed by atoms with Gasteiger partial charge in [-0.2, -0.15) is 0 Å². The van der Waals surface area contributed by atoms with Gasteiger partial charge in [0.1, 0.15) is 5.60 Å². The second-order valence-corrected chi connectivity index (χ2v) is 3.64. The van der Waals surface area contributed by atoms with Gasteiger partial charge in [0.15, 0.2) is 0 Å². The minimum absolute atomic E-state index is 0.281. The van der Waals surface area contributed by atoms with Gasteiger partial charge in [-0.1, -0.05) is 6.07 Å². The standard InChI is InChI=1S/C10H14N2O/c11-7-10(13,8-3-4-8)9-2-1-5-12-6-9/h1-2,5-6,8,13H,3-4,7,11H2. The molecule has 3 heteroatoms. The molecule has 0 radical (unpaired) electrons. The van der Waals surface area contributed by atoms with E-state index in [4.69, 9.17) is 5.73 Å². The van der Waals surface area contributed by atoms with Crippen LogP contribution in [0.25, 0.3) is 0 Å². The highest BCUT2D eigenvalue weighted by atomic mass is 16.3. The topological polar surface area (TPSA) is 59.1 Å². The lowest BCUT2D eigenvalue weighted by atomic mass is 9.90. The number of rotatable bonds is 3. The van der Waals surface area contributed by atoms with Crippen LogP contribution in [0.1, 0.15) is 18.4 Å². The van der Waals surface area contributed by atoms with E-state index in [1.807, 2.05) is 12.1 Å². The Labute approximate surface area is 77.6 Å². The smallest absolute Gasteiger partial charge is 0.106 e. The molecule has 0 spiro atoms. The van der Waals surface area contributed by atoms with E-state index in [1.165, 1.54) is 0 Å². The highest BCUT2D eigenvalue weighted by molar-refractivity contribution is 5.21. The van der Waals surface area contributed by atoms with Gasteiger partial charge >= 0.3 is 0 Å². The molecule has 1 fully saturated rings. The Morgan fingerprint density at radius 1 is 1.62 bits per heavy atom. The van der Waals surface area contributed by atoms with Crippen molar-refractivity contribution in [2.45, 2.75) is 18.4 Å². The quantitative estimate of drug-likeness (QED) is 0.714. The SMILES string of the molecule is NCC(O)(c1cccnc1)C1CC1. The van der Waals surface area contributed by atoms with Crippen LogP contribution in [0.2, 0.25) is 0 Å². The molecule has 1 aliphatic carbocycles. The van der Waals surface area contributed by atoms with Crippen LogP contribution in [-0.2, 0) is 5.60 Å². The first-order valence-corrected chi connectivity index (χ1v) is 4.60. The summed E-state index contributed by atoms with van der Waals surface area (Å²) in [7, 11) is 0. The summed E-state index contributed by atoms with van der Waals surface area (Å²) >= 11 is 0. The second kappa shape index (κ2) is 3.09. The number of aromatic nitrogens is 1. The molecular weight excluding hydrogens is 164 g/mol. The van der Waals surface area contributed by atoms with Crippen molar-refractivity contribution < 1.29 is 5.11 Å². The van der Waals surface area contributed by atoms with Crippen molar-refractivity contribution in [3.63, 3.8) is 0 Å². The van der Waals surface area contributed by atoms with Crippen LogP contribution in [0.3, 0.4) is 0 Å². The zero-order chi connectivity index (χ0) is 9.31. The summed E-state index contributed by atoms with van der Waals surface area (Å²) in [6.07, 6.45) is 5.55. The van der Waals surface area contributed by atoms with E-state index in [9.17, 15) is 5.11 Å². The van der Waals surface area contributed by atoms with Crippen LogP contribution in [-0.4, -0.2) is 16.6 Å². The van der Waals surface area contributed by atoms with Crippen LogP contribution in [0, 0.1) is 5.92 Å². The fourth-order valence-corrected chi connectivity index (χ4v) is 1.70. The molecule has 1 aromatic heterocycles. The van der Waals surface area contributed by atoms with E-state index in [2.05, 4.69) is 4.98 Å². The Hall–Kier alpha value is -0.930. The van der Waals surface area contributed by atoms with Gasteiger partial charge in [-0.15, -0.1) is 0 Å². The first-order chi connectivity index (χ1) is 6.27. The van der Waals surface area contributed by atoms with Crippen molar-refractivity contribution in [1.82, 2.24) is 4.98 Å². The number of pyridine rings is 1. The number of nitrogens with zero attached hydrogens (tertiary/aromatic N) is 1. The van der Waals surface area contributed by atoms with E-state index in [0.29, 0.717) is 5.92 Å². The minimum Gasteiger partial charge on any atom is -0.383 e. The van der Waals surface area contributed by atoms with Crippen LogP contribution in [0.4, 0.5) is 0 Å². The summed E-state index contributed by atoms with van der Waals surface area (Å²) in [5, 5.41) is 10.3. The van der Waals surface area contributed by atoms with Gasteiger partial charge in [0, 0.05) is 24.5 Å². The monoisotopic (exact) mass is 178 g/mol. The Bertz CT molecular complexity index is 284. The first-order valence-electron chi connectivity index (χ1n) is 4.60. The van der Waals surface area contributed by atoms with Gasteiger partial charge in [-0.25, -0.2) is 0 Å². The molecule has 1 heterocycles. The molecule has 1 saturated carbocycles. The molecule has 0 amide bonds. The summed E-state index contributed by atoms with van der Waals surface area (Å²) in [6.45, 7) is 0.281. The number of nitrogens with two attached hydrogens (primary N) is 1. The van der Waals surface area contributed by atoms with Crippen LogP contribution >= 0.6 is 0 Å². The molecule has 0 saturated heterocycles. The maximum absolute atomic E-state index is 10.3. The van der Waals surface area contributed by atoms with E-state index >= 15 is 0 Å². The van der Waals surface area contributed by atoms with Gasteiger partial charge in [-0.3, -0.25) is 4.98 Å². The van der Waals surface area contributed by atoms with Gasteiger partial charge in [0.25, 0.3) is 0 Å². The largest absolute Gasteiger partial charge is 0.383 e. The Morgan fingerprint density at radius 3 is 2.85 bits per heavy atom. The predicted molar refractivity (Wildman–Crippen MR) is 49.9 cm³/mol. The lowest BCUT2D eigenvalue weighted by Crippen LogP contribution is -2.37. The summed E-state index contributed by atoms with van der Waals surface area (Å²) in [4.78, 5) is 3.99. The lowest BCUT2D eigenvalue weighted by Gasteiger charge is -2.26. The molecule has 3 nitrogen and oxygen atoms in total. The van der Waals surface area contributed by atoms with Gasteiger partial charge in [-0.05, 0) is 24.8 Å². The van der Waals surface area contributed by atoms with Crippen LogP contribution < -0.4 is 5.73 Å². The van der Waals surface area contributed by atoms with Gasteiger partial charge in [0.05, 0.1) is 0 Å². The molecule has 1 atom stereocenters. The number of hydrogen-bond acceptors (Lipinski definition) is 3. The Morgan fingerprint density at radius 2 is 2.38 bits per heavy atom. The molecule has 3 N–H and O–H groups in total. The third-order valence-electron chi connectivity index (χ3n) is 2.73. The van der Waals surface area contributed by atoms with Gasteiger partial charge in [0.2, 0.25) is 0 Å². The normalized spacial score (nSPS) is 21.1. The average Bonchev–Trinajstić information content (AvgIpc) is 3.02. The molecule has 1 unspecified atom stereocenters. The zero-order valence-electron chi connectivity index (χ0n) is 7.48. The van der Waals surface area contributed by atoms with E-state index in [1.54, 1.807) is 12.4 Å². The van der Waals surface area contributed by atoms with Crippen molar-refractivity contribution in [3.8, 4) is 0 Å². The van der Waals surface area contributed by atoms with Crippen molar-refractivity contribution >= 4 is 0 Å². The van der Waals surface area contributed by atoms with E-state index in [0.717, 1.165) is 18.4 Å². The Kier molecular flexibility index (Phi) is 2.06. The van der Waals surface area contributed by atoms with Crippen LogP contribution in [0.5, 0.6) is 0 Å². The predicted octanol–water partition coefficient (Wildman–Crippen LogP) is 0.638. The maximum Gasteiger partial charge on any atom is 0.106 e. The average molecular weight is 178 g/mol. The fraction of sp³-hybridized carbons (Fsp3) is 0.500. The van der Waals surface area contributed by atoms with Crippen molar-refractivity contribution in [2.75, 3.05) is 6.54 Å². The zero-order valence-corrected chi connectivity index (χ0v) is 7.48. The fourth-order valence-electron chi connectivity index (χ4n) is 1.70. The third-order valence-corrected chi connectivity index (χ3v) is 2.73. The first kappa shape index (κ1) is 8.66. The molecule has 70 valence electrons. The summed E-state index contributed by atoms with van der Waals surface area (Å²) in [5.74, 6) is 0.335. The molecule has 13 heavy (non-hydrogen) atoms. The molecule has 0 aromatic carbocycles. The Balaban J connectivity index is 2.30. The molecule has 1 aromatic rings.